The fourth-order valence-electron chi connectivity index (χ4n) is 4.21. The minimum absolute atomic E-state index is 0.543. The van der Waals surface area contributed by atoms with E-state index in [1.807, 2.05) is 12.4 Å². The first-order valence-corrected chi connectivity index (χ1v) is 10.7. The lowest BCUT2D eigenvalue weighted by molar-refractivity contribution is 0.312. The van der Waals surface area contributed by atoms with Crippen LogP contribution in [0, 0.1) is 0 Å². The van der Waals surface area contributed by atoms with E-state index >= 15 is 0 Å². The molecule has 1 saturated heterocycles. The van der Waals surface area contributed by atoms with Crippen molar-refractivity contribution in [3.8, 4) is 5.75 Å². The fourth-order valence-corrected chi connectivity index (χ4v) is 4.21. The van der Waals surface area contributed by atoms with Gasteiger partial charge >= 0.3 is 0 Å². The lowest BCUT2D eigenvalue weighted by Gasteiger charge is -2.39. The first kappa shape index (κ1) is 19.1. The monoisotopic (exact) mass is 407 g/mol. The van der Waals surface area contributed by atoms with Gasteiger partial charge in [0.25, 0.3) is 0 Å². The molecule has 3 heterocycles. The van der Waals surface area contributed by atoms with Crippen LogP contribution in [0.2, 0.25) is 0 Å². The van der Waals surface area contributed by atoms with Crippen molar-refractivity contribution in [2.45, 2.75) is 25.3 Å². The Morgan fingerprint density at radius 2 is 1.97 bits per heavy atom. The number of hydrogen-bond donors (Lipinski definition) is 1. The smallest absolute Gasteiger partial charge is 0.229 e. The molecule has 3 aliphatic rings. The van der Waals surface area contributed by atoms with E-state index in [1.54, 1.807) is 7.11 Å². The molecule has 8 nitrogen and oxygen atoms in total. The fraction of sp³-hybridized carbons (Fsp3) is 0.500. The van der Waals surface area contributed by atoms with Crippen molar-refractivity contribution in [3.63, 3.8) is 0 Å². The molecule has 1 N–H and O–H groups in total. The number of anilines is 4. The van der Waals surface area contributed by atoms with Gasteiger partial charge in [-0.3, -0.25) is 4.99 Å². The van der Waals surface area contributed by atoms with Gasteiger partial charge in [-0.1, -0.05) is 0 Å². The number of piperazine rings is 1. The number of nitrogens with zero attached hydrogens (tertiary/aromatic N) is 6. The first-order chi connectivity index (χ1) is 14.7. The molecular weight excluding hydrogens is 378 g/mol. The Kier molecular flexibility index (Phi) is 5.16. The van der Waals surface area contributed by atoms with Gasteiger partial charge in [0.2, 0.25) is 5.95 Å². The van der Waals surface area contributed by atoms with E-state index in [-0.39, 0.29) is 0 Å². The highest BCUT2D eigenvalue weighted by Gasteiger charge is 2.29. The standard InChI is InChI=1S/C22H29N7O/c1-27-8-10-28(11-9-27)18-6-7-19(20(12-18)30-2)25-22-24-14-16-13-23-15-29(21(16)26-22)17-4-3-5-17/h6-7,12-14,17H,3-5,8-11,15H2,1-2H3,(H,24,25,26). The van der Waals surface area contributed by atoms with Crippen molar-refractivity contribution in [2.75, 3.05) is 62.1 Å². The molecule has 1 aromatic carbocycles. The van der Waals surface area contributed by atoms with Crippen molar-refractivity contribution in [1.29, 1.82) is 0 Å². The molecule has 2 fully saturated rings. The van der Waals surface area contributed by atoms with Crippen LogP contribution >= 0.6 is 0 Å². The number of hydrogen-bond acceptors (Lipinski definition) is 8. The Bertz CT molecular complexity index is 935. The van der Waals surface area contributed by atoms with Gasteiger partial charge in [-0.05, 0) is 38.4 Å². The summed E-state index contributed by atoms with van der Waals surface area (Å²) in [6.07, 6.45) is 7.43. The van der Waals surface area contributed by atoms with Crippen LogP contribution in [0.4, 0.5) is 23.1 Å². The van der Waals surface area contributed by atoms with Crippen molar-refractivity contribution in [1.82, 2.24) is 14.9 Å². The number of aliphatic imine (C=N–C) groups is 1. The predicted octanol–water partition coefficient (Wildman–Crippen LogP) is 2.73. The Balaban J connectivity index is 1.37. The number of methoxy groups -OCH3 is 1. The van der Waals surface area contributed by atoms with Gasteiger partial charge in [0.05, 0.1) is 18.4 Å². The zero-order valence-electron chi connectivity index (χ0n) is 17.7. The highest BCUT2D eigenvalue weighted by atomic mass is 16.5. The maximum Gasteiger partial charge on any atom is 0.229 e. The summed E-state index contributed by atoms with van der Waals surface area (Å²) in [7, 11) is 3.87. The molecule has 5 rings (SSSR count). The summed E-state index contributed by atoms with van der Waals surface area (Å²) in [5.41, 5.74) is 3.04. The Labute approximate surface area is 177 Å². The maximum absolute atomic E-state index is 5.68. The number of benzene rings is 1. The number of rotatable bonds is 5. The lowest BCUT2D eigenvalue weighted by atomic mass is 9.91. The van der Waals surface area contributed by atoms with Crippen LogP contribution < -0.4 is 19.9 Å². The normalized spacial score (nSPS) is 19.4. The summed E-state index contributed by atoms with van der Waals surface area (Å²) in [6.45, 7) is 4.88. The Morgan fingerprint density at radius 3 is 2.70 bits per heavy atom. The number of fused-ring (bicyclic) bond motifs is 1. The molecule has 8 heteroatoms. The number of aromatic nitrogens is 2. The molecule has 1 aromatic heterocycles. The van der Waals surface area contributed by atoms with E-state index in [0.717, 1.165) is 49.0 Å². The zero-order chi connectivity index (χ0) is 20.5. The van der Waals surface area contributed by atoms with E-state index in [1.165, 1.54) is 24.9 Å². The molecule has 0 radical (unpaired) electrons. The average molecular weight is 408 g/mol. The highest BCUT2D eigenvalue weighted by Crippen LogP contribution is 2.34. The van der Waals surface area contributed by atoms with E-state index in [0.29, 0.717) is 18.7 Å². The summed E-state index contributed by atoms with van der Waals surface area (Å²) in [4.78, 5) is 20.9. The third-order valence-corrected chi connectivity index (χ3v) is 6.35. The third kappa shape index (κ3) is 3.67. The summed E-state index contributed by atoms with van der Waals surface area (Å²) < 4.78 is 5.68. The van der Waals surface area contributed by atoms with Crippen LogP contribution in [-0.2, 0) is 0 Å². The number of likely N-dealkylation sites (N-methyl/N-ethyl adjacent to an activating group) is 1. The second-order valence-electron chi connectivity index (χ2n) is 8.28. The molecule has 158 valence electrons. The molecule has 0 atom stereocenters. The van der Waals surface area contributed by atoms with Gasteiger partial charge < -0.3 is 24.8 Å². The second kappa shape index (κ2) is 8.10. The predicted molar refractivity (Wildman–Crippen MR) is 121 cm³/mol. The van der Waals surface area contributed by atoms with Crippen molar-refractivity contribution < 1.29 is 4.74 Å². The molecule has 2 aromatic rings. The van der Waals surface area contributed by atoms with E-state index in [2.05, 4.69) is 55.2 Å². The SMILES string of the molecule is COc1cc(N2CCN(C)CC2)ccc1Nc1ncc2c(n1)N(C1CCC1)CN=C2. The molecule has 30 heavy (non-hydrogen) atoms. The Morgan fingerprint density at radius 1 is 1.13 bits per heavy atom. The van der Waals surface area contributed by atoms with Crippen LogP contribution in [-0.4, -0.2) is 74.1 Å². The van der Waals surface area contributed by atoms with Gasteiger partial charge in [-0.25, -0.2) is 4.98 Å². The lowest BCUT2D eigenvalue weighted by Crippen LogP contribution is -2.44. The van der Waals surface area contributed by atoms with Gasteiger partial charge in [0.1, 0.15) is 18.2 Å². The van der Waals surface area contributed by atoms with Gasteiger partial charge in [0.15, 0.2) is 0 Å². The average Bonchev–Trinajstić information content (AvgIpc) is 2.74. The van der Waals surface area contributed by atoms with E-state index in [4.69, 9.17) is 9.72 Å². The molecular formula is C22H29N7O. The van der Waals surface area contributed by atoms with Crippen molar-refractivity contribution in [2.24, 2.45) is 4.99 Å². The molecule has 2 aliphatic heterocycles. The molecule has 0 bridgehead atoms. The van der Waals surface area contributed by atoms with Gasteiger partial charge in [-0.15, -0.1) is 0 Å². The summed E-state index contributed by atoms with van der Waals surface area (Å²) in [5, 5.41) is 3.36. The largest absolute Gasteiger partial charge is 0.494 e. The second-order valence-corrected chi connectivity index (χ2v) is 8.28. The van der Waals surface area contributed by atoms with Gasteiger partial charge in [-0.2, -0.15) is 4.98 Å². The van der Waals surface area contributed by atoms with Crippen molar-refractivity contribution >= 4 is 29.4 Å². The minimum Gasteiger partial charge on any atom is -0.494 e. The third-order valence-electron chi connectivity index (χ3n) is 6.35. The molecule has 0 unspecified atom stereocenters. The van der Waals surface area contributed by atoms with Gasteiger partial charge in [0, 0.05) is 56.4 Å². The Hall–Kier alpha value is -2.87. The number of nitrogens with one attached hydrogen (secondary N) is 1. The topological polar surface area (TPSA) is 69.1 Å². The van der Waals surface area contributed by atoms with Crippen LogP contribution in [0.5, 0.6) is 5.75 Å². The van der Waals surface area contributed by atoms with E-state index < -0.39 is 0 Å². The minimum atomic E-state index is 0.543. The summed E-state index contributed by atoms with van der Waals surface area (Å²) in [6, 6.07) is 6.84. The molecule has 1 saturated carbocycles. The first-order valence-electron chi connectivity index (χ1n) is 10.7. The number of ether oxygens (including phenoxy) is 1. The summed E-state index contributed by atoms with van der Waals surface area (Å²) in [5.74, 6) is 2.35. The molecule has 0 spiro atoms. The van der Waals surface area contributed by atoms with E-state index in [9.17, 15) is 0 Å². The molecule has 0 amide bonds. The summed E-state index contributed by atoms with van der Waals surface area (Å²) >= 11 is 0. The van der Waals surface area contributed by atoms with Crippen LogP contribution in [0.1, 0.15) is 24.8 Å². The zero-order valence-corrected chi connectivity index (χ0v) is 17.7. The van der Waals surface area contributed by atoms with Crippen molar-refractivity contribution in [3.05, 3.63) is 30.0 Å². The van der Waals surface area contributed by atoms with Crippen LogP contribution in [0.15, 0.2) is 29.4 Å². The molecule has 1 aliphatic carbocycles. The highest BCUT2D eigenvalue weighted by molar-refractivity contribution is 5.88. The quantitative estimate of drug-likeness (QED) is 0.817. The maximum atomic E-state index is 5.68. The van der Waals surface area contributed by atoms with Crippen LogP contribution in [0.3, 0.4) is 0 Å². The van der Waals surface area contributed by atoms with Crippen LogP contribution in [0.25, 0.3) is 0 Å².